The van der Waals surface area contributed by atoms with E-state index in [0.29, 0.717) is 0 Å². The van der Waals surface area contributed by atoms with Crippen LogP contribution in [0.4, 0.5) is 5.69 Å². The highest BCUT2D eigenvalue weighted by Crippen LogP contribution is 2.36. The summed E-state index contributed by atoms with van der Waals surface area (Å²) in [5.74, 6) is 0.718. The van der Waals surface area contributed by atoms with Crippen LogP contribution in [-0.4, -0.2) is 12.2 Å². The first-order valence-corrected chi connectivity index (χ1v) is 7.27. The quantitative estimate of drug-likeness (QED) is 0.760. The highest BCUT2D eigenvalue weighted by Gasteiger charge is 2.13. The first-order valence-electron chi connectivity index (χ1n) is 6.51. The molecular weight excluding hydrogens is 309 g/mol. The first-order chi connectivity index (χ1) is 9.92. The third kappa shape index (κ3) is 3.55. The molecule has 2 aromatic carbocycles. The van der Waals surface area contributed by atoms with Crippen LogP contribution in [-0.2, 0) is 0 Å². The minimum atomic E-state index is -0.107. The van der Waals surface area contributed by atoms with Crippen molar-refractivity contribution in [2.24, 2.45) is 0 Å². The highest BCUT2D eigenvalue weighted by atomic mass is 35.5. The molecule has 0 saturated heterocycles. The second kappa shape index (κ2) is 6.46. The van der Waals surface area contributed by atoms with Gasteiger partial charge >= 0.3 is 0 Å². The second-order valence-corrected chi connectivity index (χ2v) is 5.71. The Labute approximate surface area is 134 Å². The standard InChI is InChI=1S/C16H17Cl2NO2/c1-9-4-5-12(15(6-9)21-3)10(2)19-11-7-13(17)16(20)14(18)8-11/h4-8,10,19-20H,1-3H3. The van der Waals surface area contributed by atoms with E-state index in [2.05, 4.69) is 5.32 Å². The molecule has 0 aromatic heterocycles. The van der Waals surface area contributed by atoms with Gasteiger partial charge in [0.05, 0.1) is 23.2 Å². The number of phenols is 1. The number of benzene rings is 2. The topological polar surface area (TPSA) is 41.5 Å². The Morgan fingerprint density at radius 1 is 1.14 bits per heavy atom. The molecule has 0 fully saturated rings. The van der Waals surface area contributed by atoms with Gasteiger partial charge in [0.2, 0.25) is 0 Å². The van der Waals surface area contributed by atoms with E-state index < -0.39 is 0 Å². The minimum Gasteiger partial charge on any atom is -0.505 e. The lowest BCUT2D eigenvalue weighted by molar-refractivity contribution is 0.407. The number of methoxy groups -OCH3 is 1. The number of halogens is 2. The predicted octanol–water partition coefficient (Wildman–Crippen LogP) is 5.19. The minimum absolute atomic E-state index is 0.00257. The summed E-state index contributed by atoms with van der Waals surface area (Å²) in [5, 5.41) is 13.3. The van der Waals surface area contributed by atoms with Gasteiger partial charge in [-0.05, 0) is 37.6 Å². The molecule has 2 N–H and O–H groups in total. The molecule has 0 bridgehead atoms. The first kappa shape index (κ1) is 15.8. The SMILES string of the molecule is COc1cc(C)ccc1C(C)Nc1cc(Cl)c(O)c(Cl)c1. The van der Waals surface area contributed by atoms with Crippen molar-refractivity contribution in [3.63, 3.8) is 0 Å². The van der Waals surface area contributed by atoms with Gasteiger partial charge in [0.15, 0.2) is 5.75 Å². The number of hydrogen-bond donors (Lipinski definition) is 2. The van der Waals surface area contributed by atoms with Gasteiger partial charge in [-0.3, -0.25) is 0 Å². The molecule has 2 aromatic rings. The summed E-state index contributed by atoms with van der Waals surface area (Å²) in [6.45, 7) is 4.03. The van der Waals surface area contributed by atoms with Crippen molar-refractivity contribution in [1.29, 1.82) is 0 Å². The maximum absolute atomic E-state index is 9.58. The van der Waals surface area contributed by atoms with E-state index >= 15 is 0 Å². The van der Waals surface area contributed by atoms with E-state index in [1.165, 1.54) is 0 Å². The molecule has 112 valence electrons. The monoisotopic (exact) mass is 325 g/mol. The zero-order valence-electron chi connectivity index (χ0n) is 12.1. The number of hydrogen-bond acceptors (Lipinski definition) is 3. The Morgan fingerprint density at radius 3 is 2.33 bits per heavy atom. The predicted molar refractivity (Wildman–Crippen MR) is 87.9 cm³/mol. The van der Waals surface area contributed by atoms with E-state index in [1.54, 1.807) is 19.2 Å². The molecule has 0 amide bonds. The van der Waals surface area contributed by atoms with Crippen LogP contribution in [0.15, 0.2) is 30.3 Å². The Hall–Kier alpha value is -1.58. The second-order valence-electron chi connectivity index (χ2n) is 4.90. The average Bonchev–Trinajstić information content (AvgIpc) is 2.44. The summed E-state index contributed by atoms with van der Waals surface area (Å²) in [4.78, 5) is 0. The van der Waals surface area contributed by atoms with Crippen molar-refractivity contribution in [2.75, 3.05) is 12.4 Å². The fraction of sp³-hybridized carbons (Fsp3) is 0.250. The Bertz CT molecular complexity index is 636. The van der Waals surface area contributed by atoms with Gasteiger partial charge in [-0.2, -0.15) is 0 Å². The van der Waals surface area contributed by atoms with Crippen LogP contribution >= 0.6 is 23.2 Å². The molecule has 0 aliphatic heterocycles. The molecule has 0 aliphatic rings. The van der Waals surface area contributed by atoms with Crippen LogP contribution in [0.5, 0.6) is 11.5 Å². The molecule has 0 aliphatic carbocycles. The van der Waals surface area contributed by atoms with Gasteiger partial charge in [-0.15, -0.1) is 0 Å². The Morgan fingerprint density at radius 2 is 1.76 bits per heavy atom. The number of ether oxygens (including phenoxy) is 1. The van der Waals surface area contributed by atoms with Crippen molar-refractivity contribution in [1.82, 2.24) is 0 Å². The van der Waals surface area contributed by atoms with Crippen LogP contribution in [0.25, 0.3) is 0 Å². The molecule has 1 unspecified atom stereocenters. The molecule has 2 rings (SSSR count). The summed E-state index contributed by atoms with van der Waals surface area (Å²) in [6, 6.07) is 9.32. The van der Waals surface area contributed by atoms with Crippen LogP contribution in [0.2, 0.25) is 10.0 Å². The summed E-state index contributed by atoms with van der Waals surface area (Å²) in [5.41, 5.74) is 2.90. The number of aromatic hydroxyl groups is 1. The number of rotatable bonds is 4. The molecular formula is C16H17Cl2NO2. The van der Waals surface area contributed by atoms with Crippen molar-refractivity contribution < 1.29 is 9.84 Å². The third-order valence-electron chi connectivity index (χ3n) is 3.26. The Kier molecular flexibility index (Phi) is 4.86. The molecule has 5 heteroatoms. The molecule has 3 nitrogen and oxygen atoms in total. The molecule has 1 atom stereocenters. The van der Waals surface area contributed by atoms with Crippen LogP contribution in [0, 0.1) is 6.92 Å². The molecule has 0 spiro atoms. The summed E-state index contributed by atoms with van der Waals surface area (Å²) >= 11 is 11.9. The fourth-order valence-electron chi connectivity index (χ4n) is 2.15. The van der Waals surface area contributed by atoms with Gasteiger partial charge in [0.25, 0.3) is 0 Å². The summed E-state index contributed by atoms with van der Waals surface area (Å²) < 4.78 is 5.42. The average molecular weight is 326 g/mol. The summed E-state index contributed by atoms with van der Waals surface area (Å²) in [6.07, 6.45) is 0. The zero-order chi connectivity index (χ0) is 15.6. The van der Waals surface area contributed by atoms with Gasteiger partial charge in [0, 0.05) is 11.3 Å². The van der Waals surface area contributed by atoms with Crippen LogP contribution in [0.1, 0.15) is 24.1 Å². The van der Waals surface area contributed by atoms with Crippen molar-refractivity contribution in [2.45, 2.75) is 19.9 Å². The van der Waals surface area contributed by atoms with Crippen molar-refractivity contribution >= 4 is 28.9 Å². The highest BCUT2D eigenvalue weighted by molar-refractivity contribution is 6.37. The van der Waals surface area contributed by atoms with Crippen LogP contribution in [0.3, 0.4) is 0 Å². The van der Waals surface area contributed by atoms with E-state index in [9.17, 15) is 5.11 Å². The Balaban J connectivity index is 2.28. The van der Waals surface area contributed by atoms with E-state index in [4.69, 9.17) is 27.9 Å². The van der Waals surface area contributed by atoms with Gasteiger partial charge in [0.1, 0.15) is 5.75 Å². The maximum Gasteiger partial charge on any atom is 0.152 e. The van der Waals surface area contributed by atoms with Crippen LogP contribution < -0.4 is 10.1 Å². The smallest absolute Gasteiger partial charge is 0.152 e. The van der Waals surface area contributed by atoms with E-state index in [1.807, 2.05) is 32.0 Å². The lowest BCUT2D eigenvalue weighted by atomic mass is 10.0. The van der Waals surface area contributed by atoms with Gasteiger partial charge < -0.3 is 15.2 Å². The zero-order valence-corrected chi connectivity index (χ0v) is 13.6. The number of aryl methyl sites for hydroxylation is 1. The molecule has 0 saturated carbocycles. The number of nitrogens with one attached hydrogen (secondary N) is 1. The van der Waals surface area contributed by atoms with Crippen molar-refractivity contribution in [3.05, 3.63) is 51.5 Å². The largest absolute Gasteiger partial charge is 0.505 e. The summed E-state index contributed by atoms with van der Waals surface area (Å²) in [7, 11) is 1.65. The van der Waals surface area contributed by atoms with E-state index in [-0.39, 0.29) is 21.8 Å². The van der Waals surface area contributed by atoms with Gasteiger partial charge in [-0.1, -0.05) is 35.3 Å². The third-order valence-corrected chi connectivity index (χ3v) is 3.83. The molecule has 0 heterocycles. The number of phenolic OH excluding ortho intramolecular Hbond substituents is 1. The van der Waals surface area contributed by atoms with E-state index in [0.717, 1.165) is 22.6 Å². The van der Waals surface area contributed by atoms with Gasteiger partial charge in [-0.25, -0.2) is 0 Å². The lowest BCUT2D eigenvalue weighted by Gasteiger charge is -2.19. The van der Waals surface area contributed by atoms with Crippen molar-refractivity contribution in [3.8, 4) is 11.5 Å². The number of anilines is 1. The normalized spacial score (nSPS) is 12.0. The fourth-order valence-corrected chi connectivity index (χ4v) is 2.64. The molecule has 0 radical (unpaired) electrons. The maximum atomic E-state index is 9.58. The molecule has 21 heavy (non-hydrogen) atoms. The lowest BCUT2D eigenvalue weighted by Crippen LogP contribution is -2.08.